The number of ether oxygens (including phenoxy) is 1. The highest BCUT2D eigenvalue weighted by Gasteiger charge is 2.19. The highest BCUT2D eigenvalue weighted by Crippen LogP contribution is 2.32. The van der Waals surface area contributed by atoms with Crippen LogP contribution in [0.15, 0.2) is 23.1 Å². The lowest BCUT2D eigenvalue weighted by atomic mass is 10.1. The molecule has 4 heteroatoms. The molecular formula is C15H22FNOS. The van der Waals surface area contributed by atoms with E-state index >= 15 is 0 Å². The molecule has 2 atom stereocenters. The van der Waals surface area contributed by atoms with Crippen molar-refractivity contribution in [2.45, 2.75) is 43.7 Å². The third-order valence-corrected chi connectivity index (χ3v) is 4.67. The van der Waals surface area contributed by atoms with Gasteiger partial charge in [-0.15, -0.1) is 11.8 Å². The molecule has 1 saturated heterocycles. The Bertz CT molecular complexity index is 407. The van der Waals surface area contributed by atoms with E-state index in [2.05, 4.69) is 19.2 Å². The monoisotopic (exact) mass is 283 g/mol. The molecule has 1 aromatic rings. The van der Waals surface area contributed by atoms with Crippen molar-refractivity contribution in [3.8, 4) is 0 Å². The molecule has 2 nitrogen and oxygen atoms in total. The SMILES string of the molecule is CCNC(C)c1cccc(F)c1SCC1CCCO1. The van der Waals surface area contributed by atoms with Gasteiger partial charge in [-0.25, -0.2) is 4.39 Å². The van der Waals surface area contributed by atoms with E-state index in [4.69, 9.17) is 4.74 Å². The maximum absolute atomic E-state index is 14.0. The number of benzene rings is 1. The Kier molecular flexibility index (Phi) is 5.67. The first-order valence-corrected chi connectivity index (χ1v) is 7.97. The zero-order valence-electron chi connectivity index (χ0n) is 11.6. The average Bonchev–Trinajstić information content (AvgIpc) is 2.90. The standard InChI is InChI=1S/C15H22FNOS/c1-3-17-11(2)13-7-4-8-14(16)15(13)19-10-12-6-5-9-18-12/h4,7-8,11-12,17H,3,5-6,9-10H2,1-2H3. The summed E-state index contributed by atoms with van der Waals surface area (Å²) in [6, 6.07) is 5.51. The van der Waals surface area contributed by atoms with Gasteiger partial charge in [0, 0.05) is 23.3 Å². The molecule has 0 amide bonds. The number of halogens is 1. The van der Waals surface area contributed by atoms with E-state index in [9.17, 15) is 4.39 Å². The number of hydrogen-bond acceptors (Lipinski definition) is 3. The fourth-order valence-corrected chi connectivity index (χ4v) is 3.62. The number of thioether (sulfide) groups is 1. The Morgan fingerprint density at radius 3 is 3.05 bits per heavy atom. The molecule has 106 valence electrons. The Morgan fingerprint density at radius 1 is 1.53 bits per heavy atom. The van der Waals surface area contributed by atoms with E-state index < -0.39 is 0 Å². The summed E-state index contributed by atoms with van der Waals surface area (Å²) in [6.07, 6.45) is 2.51. The van der Waals surface area contributed by atoms with Gasteiger partial charge in [-0.05, 0) is 37.9 Å². The third-order valence-electron chi connectivity index (χ3n) is 3.41. The Hall–Kier alpha value is -0.580. The van der Waals surface area contributed by atoms with E-state index in [0.29, 0.717) is 0 Å². The first-order chi connectivity index (χ1) is 9.22. The van der Waals surface area contributed by atoms with Crippen LogP contribution in [0.25, 0.3) is 0 Å². The van der Waals surface area contributed by atoms with Gasteiger partial charge < -0.3 is 10.1 Å². The molecule has 0 aromatic heterocycles. The molecule has 0 saturated carbocycles. The lowest BCUT2D eigenvalue weighted by Gasteiger charge is -2.18. The van der Waals surface area contributed by atoms with Crippen molar-refractivity contribution in [2.24, 2.45) is 0 Å². The minimum Gasteiger partial charge on any atom is -0.377 e. The van der Waals surface area contributed by atoms with E-state index in [-0.39, 0.29) is 18.0 Å². The average molecular weight is 283 g/mol. The molecular weight excluding hydrogens is 261 g/mol. The quantitative estimate of drug-likeness (QED) is 0.803. The Morgan fingerprint density at radius 2 is 2.37 bits per heavy atom. The first kappa shape index (κ1) is 14.8. The smallest absolute Gasteiger partial charge is 0.137 e. The third kappa shape index (κ3) is 3.94. The molecule has 1 fully saturated rings. The van der Waals surface area contributed by atoms with Gasteiger partial charge in [-0.2, -0.15) is 0 Å². The molecule has 1 N–H and O–H groups in total. The van der Waals surface area contributed by atoms with Gasteiger partial charge in [0.05, 0.1) is 6.10 Å². The molecule has 1 aromatic carbocycles. The summed E-state index contributed by atoms with van der Waals surface area (Å²) in [5.74, 6) is 0.720. The summed E-state index contributed by atoms with van der Waals surface area (Å²) in [6.45, 7) is 5.88. The second-order valence-electron chi connectivity index (χ2n) is 4.88. The molecule has 0 aliphatic carbocycles. The molecule has 0 radical (unpaired) electrons. The largest absolute Gasteiger partial charge is 0.377 e. The van der Waals surface area contributed by atoms with Gasteiger partial charge in [0.1, 0.15) is 5.82 Å². The highest BCUT2D eigenvalue weighted by molar-refractivity contribution is 7.99. The minimum atomic E-state index is -0.120. The summed E-state index contributed by atoms with van der Waals surface area (Å²) in [4.78, 5) is 0.770. The van der Waals surface area contributed by atoms with Gasteiger partial charge >= 0.3 is 0 Å². The van der Waals surface area contributed by atoms with Gasteiger partial charge in [-0.1, -0.05) is 19.1 Å². The Labute approximate surface area is 119 Å². The summed E-state index contributed by atoms with van der Waals surface area (Å²) in [7, 11) is 0. The molecule has 19 heavy (non-hydrogen) atoms. The van der Waals surface area contributed by atoms with Crippen molar-refractivity contribution in [2.75, 3.05) is 18.9 Å². The molecule has 0 bridgehead atoms. The van der Waals surface area contributed by atoms with Crippen molar-refractivity contribution < 1.29 is 9.13 Å². The normalized spacial score (nSPS) is 20.7. The first-order valence-electron chi connectivity index (χ1n) is 6.98. The van der Waals surface area contributed by atoms with Gasteiger partial charge in [-0.3, -0.25) is 0 Å². The molecule has 2 rings (SSSR count). The van der Waals surface area contributed by atoms with E-state index in [1.165, 1.54) is 0 Å². The molecule has 2 unspecified atom stereocenters. The maximum Gasteiger partial charge on any atom is 0.137 e. The van der Waals surface area contributed by atoms with Gasteiger partial charge in [0.2, 0.25) is 0 Å². The van der Waals surface area contributed by atoms with Crippen molar-refractivity contribution in [3.63, 3.8) is 0 Å². The van der Waals surface area contributed by atoms with Crippen LogP contribution >= 0.6 is 11.8 Å². The van der Waals surface area contributed by atoms with Crippen molar-refractivity contribution in [3.05, 3.63) is 29.6 Å². The zero-order valence-corrected chi connectivity index (χ0v) is 12.4. The minimum absolute atomic E-state index is 0.120. The van der Waals surface area contributed by atoms with Crippen LogP contribution < -0.4 is 5.32 Å². The lowest BCUT2D eigenvalue weighted by molar-refractivity contribution is 0.129. The van der Waals surface area contributed by atoms with Crippen LogP contribution in [0.2, 0.25) is 0 Å². The van der Waals surface area contributed by atoms with Crippen LogP contribution in [0.1, 0.15) is 38.3 Å². The van der Waals surface area contributed by atoms with Gasteiger partial charge in [0.15, 0.2) is 0 Å². The number of nitrogens with one attached hydrogen (secondary N) is 1. The second-order valence-corrected chi connectivity index (χ2v) is 5.91. The molecule has 1 aliphatic rings. The van der Waals surface area contributed by atoms with E-state index in [1.54, 1.807) is 23.9 Å². The van der Waals surface area contributed by atoms with Crippen LogP contribution in [-0.4, -0.2) is 25.0 Å². The summed E-state index contributed by atoms with van der Waals surface area (Å²) >= 11 is 1.59. The van der Waals surface area contributed by atoms with Crippen LogP contribution in [0.4, 0.5) is 4.39 Å². The van der Waals surface area contributed by atoms with E-state index in [0.717, 1.165) is 42.2 Å². The summed E-state index contributed by atoms with van der Waals surface area (Å²) in [5.41, 5.74) is 1.05. The molecule has 1 aliphatic heterocycles. The summed E-state index contributed by atoms with van der Waals surface area (Å²) in [5, 5.41) is 3.35. The zero-order chi connectivity index (χ0) is 13.7. The number of hydrogen-bond donors (Lipinski definition) is 1. The van der Waals surface area contributed by atoms with Crippen molar-refractivity contribution in [1.29, 1.82) is 0 Å². The number of rotatable bonds is 6. The Balaban J connectivity index is 2.08. The fraction of sp³-hybridized carbons (Fsp3) is 0.600. The lowest BCUT2D eigenvalue weighted by Crippen LogP contribution is -2.19. The molecule has 0 spiro atoms. The highest BCUT2D eigenvalue weighted by atomic mass is 32.2. The van der Waals surface area contributed by atoms with Crippen LogP contribution in [-0.2, 0) is 4.74 Å². The van der Waals surface area contributed by atoms with Crippen molar-refractivity contribution >= 4 is 11.8 Å². The van der Waals surface area contributed by atoms with Crippen LogP contribution in [0.3, 0.4) is 0 Å². The summed E-state index contributed by atoms with van der Waals surface area (Å²) < 4.78 is 19.6. The maximum atomic E-state index is 14.0. The van der Waals surface area contributed by atoms with Crippen molar-refractivity contribution in [1.82, 2.24) is 5.32 Å². The van der Waals surface area contributed by atoms with Gasteiger partial charge in [0.25, 0.3) is 0 Å². The predicted octanol–water partition coefficient (Wildman–Crippen LogP) is 3.77. The second kappa shape index (κ2) is 7.27. The molecule has 1 heterocycles. The fourth-order valence-electron chi connectivity index (χ4n) is 2.39. The topological polar surface area (TPSA) is 21.3 Å². The van der Waals surface area contributed by atoms with E-state index in [1.807, 2.05) is 6.07 Å². The predicted molar refractivity (Wildman–Crippen MR) is 78.2 cm³/mol. The van der Waals surface area contributed by atoms with Crippen LogP contribution in [0, 0.1) is 5.82 Å². The van der Waals surface area contributed by atoms with Crippen LogP contribution in [0.5, 0.6) is 0 Å².